The average Bonchev–Trinajstić information content (AvgIpc) is 3.34. The van der Waals surface area contributed by atoms with Gasteiger partial charge in [0.1, 0.15) is 6.04 Å². The number of rotatable bonds is 7. The standard InChI is InChI=1S/C18H29N5O2/c1-3-4-16(19-13(2)24)18(25)22-9-7-14(8-10-22)11-23-12-17(20-21-23)15-5-6-15/h12,14-16H,3-11H2,1-2H3,(H,19,24)/t16-/m1/s1. The molecule has 1 N–H and O–H groups in total. The molecule has 1 aliphatic carbocycles. The van der Waals surface area contributed by atoms with Crippen LogP contribution in [0.1, 0.15) is 64.0 Å². The molecule has 1 aromatic rings. The molecule has 2 amide bonds. The van der Waals surface area contributed by atoms with Crippen LogP contribution in [-0.2, 0) is 16.1 Å². The van der Waals surface area contributed by atoms with E-state index in [2.05, 4.69) is 21.8 Å². The molecule has 2 aliphatic rings. The zero-order chi connectivity index (χ0) is 17.8. The molecule has 2 heterocycles. The topological polar surface area (TPSA) is 80.1 Å². The number of nitrogens with one attached hydrogen (secondary N) is 1. The average molecular weight is 347 g/mol. The normalized spacial score (nSPS) is 19.7. The van der Waals surface area contributed by atoms with E-state index in [9.17, 15) is 9.59 Å². The summed E-state index contributed by atoms with van der Waals surface area (Å²) in [6, 6.07) is -0.379. The van der Waals surface area contributed by atoms with Gasteiger partial charge >= 0.3 is 0 Å². The van der Waals surface area contributed by atoms with Crippen molar-refractivity contribution in [3.05, 3.63) is 11.9 Å². The van der Waals surface area contributed by atoms with Crippen LogP contribution in [0.4, 0.5) is 0 Å². The Kier molecular flexibility index (Phi) is 5.71. The van der Waals surface area contributed by atoms with Crippen molar-refractivity contribution >= 4 is 11.8 Å². The van der Waals surface area contributed by atoms with Gasteiger partial charge in [-0.2, -0.15) is 0 Å². The van der Waals surface area contributed by atoms with Gasteiger partial charge < -0.3 is 10.2 Å². The van der Waals surface area contributed by atoms with Crippen molar-refractivity contribution in [2.75, 3.05) is 13.1 Å². The summed E-state index contributed by atoms with van der Waals surface area (Å²) in [6.45, 7) is 5.89. The first-order valence-electron chi connectivity index (χ1n) is 9.52. The van der Waals surface area contributed by atoms with Crippen molar-refractivity contribution in [3.63, 3.8) is 0 Å². The number of nitrogens with zero attached hydrogens (tertiary/aromatic N) is 4. The third-order valence-corrected chi connectivity index (χ3v) is 5.18. The van der Waals surface area contributed by atoms with Crippen LogP contribution in [0.15, 0.2) is 6.20 Å². The Morgan fingerprint density at radius 1 is 1.28 bits per heavy atom. The summed E-state index contributed by atoms with van der Waals surface area (Å²) in [7, 11) is 0. The molecule has 1 aromatic heterocycles. The van der Waals surface area contributed by atoms with Crippen LogP contribution in [-0.4, -0.2) is 50.8 Å². The number of aromatic nitrogens is 3. The molecular weight excluding hydrogens is 318 g/mol. The van der Waals surface area contributed by atoms with Crippen LogP contribution in [0.2, 0.25) is 0 Å². The Bertz CT molecular complexity index is 602. The highest BCUT2D eigenvalue weighted by molar-refractivity contribution is 5.86. The minimum atomic E-state index is -0.379. The van der Waals surface area contributed by atoms with Gasteiger partial charge in [-0.05, 0) is 38.0 Å². The van der Waals surface area contributed by atoms with Gasteiger partial charge in [0, 0.05) is 38.7 Å². The van der Waals surface area contributed by atoms with Crippen LogP contribution >= 0.6 is 0 Å². The lowest BCUT2D eigenvalue weighted by atomic mass is 9.96. The number of amides is 2. The molecule has 25 heavy (non-hydrogen) atoms. The summed E-state index contributed by atoms with van der Waals surface area (Å²) in [6.07, 6.45) is 8.10. The number of carbonyl (C=O) groups is 2. The molecule has 0 aromatic carbocycles. The fourth-order valence-corrected chi connectivity index (χ4v) is 3.58. The minimum Gasteiger partial charge on any atom is -0.345 e. The van der Waals surface area contributed by atoms with E-state index < -0.39 is 0 Å². The smallest absolute Gasteiger partial charge is 0.245 e. The largest absolute Gasteiger partial charge is 0.345 e. The molecule has 1 atom stereocenters. The van der Waals surface area contributed by atoms with E-state index in [0.717, 1.165) is 44.6 Å². The quantitative estimate of drug-likeness (QED) is 0.814. The number of piperidine rings is 1. The lowest BCUT2D eigenvalue weighted by molar-refractivity contribution is -0.137. The van der Waals surface area contributed by atoms with Gasteiger partial charge in [0.25, 0.3) is 0 Å². The van der Waals surface area contributed by atoms with Crippen molar-refractivity contribution in [1.29, 1.82) is 0 Å². The van der Waals surface area contributed by atoms with E-state index in [1.807, 2.05) is 16.5 Å². The van der Waals surface area contributed by atoms with Crippen molar-refractivity contribution in [2.24, 2.45) is 5.92 Å². The Morgan fingerprint density at radius 2 is 2.00 bits per heavy atom. The van der Waals surface area contributed by atoms with Crippen LogP contribution in [0.3, 0.4) is 0 Å². The van der Waals surface area contributed by atoms with Crippen molar-refractivity contribution < 1.29 is 9.59 Å². The van der Waals surface area contributed by atoms with Gasteiger partial charge in [-0.15, -0.1) is 5.10 Å². The molecule has 138 valence electrons. The highest BCUT2D eigenvalue weighted by Crippen LogP contribution is 2.38. The zero-order valence-corrected chi connectivity index (χ0v) is 15.3. The Morgan fingerprint density at radius 3 is 2.60 bits per heavy atom. The molecule has 7 nitrogen and oxygen atoms in total. The fraction of sp³-hybridized carbons (Fsp3) is 0.778. The van der Waals surface area contributed by atoms with Crippen molar-refractivity contribution in [3.8, 4) is 0 Å². The second-order valence-electron chi connectivity index (χ2n) is 7.45. The first-order valence-corrected chi connectivity index (χ1v) is 9.52. The maximum absolute atomic E-state index is 12.7. The molecule has 1 saturated heterocycles. The van der Waals surface area contributed by atoms with E-state index >= 15 is 0 Å². The summed E-state index contributed by atoms with van der Waals surface area (Å²) < 4.78 is 1.97. The van der Waals surface area contributed by atoms with E-state index in [0.29, 0.717) is 18.3 Å². The summed E-state index contributed by atoms with van der Waals surface area (Å²) in [5, 5.41) is 11.3. The van der Waals surface area contributed by atoms with Crippen LogP contribution < -0.4 is 5.32 Å². The molecule has 0 spiro atoms. The molecule has 7 heteroatoms. The molecular formula is C18H29N5O2. The predicted octanol–water partition coefficient (Wildman–Crippen LogP) is 1.70. The fourth-order valence-electron chi connectivity index (χ4n) is 3.58. The van der Waals surface area contributed by atoms with Gasteiger partial charge in [0.15, 0.2) is 0 Å². The molecule has 1 aliphatic heterocycles. The lowest BCUT2D eigenvalue weighted by Gasteiger charge is -2.34. The van der Waals surface area contributed by atoms with E-state index in [-0.39, 0.29) is 17.9 Å². The first-order chi connectivity index (χ1) is 12.1. The molecule has 0 unspecified atom stereocenters. The maximum atomic E-state index is 12.7. The predicted molar refractivity (Wildman–Crippen MR) is 93.8 cm³/mol. The number of carbonyl (C=O) groups excluding carboxylic acids is 2. The number of hydrogen-bond donors (Lipinski definition) is 1. The maximum Gasteiger partial charge on any atom is 0.245 e. The van der Waals surface area contributed by atoms with Crippen molar-refractivity contribution in [2.45, 2.75) is 70.9 Å². The molecule has 1 saturated carbocycles. The van der Waals surface area contributed by atoms with Crippen LogP contribution in [0.5, 0.6) is 0 Å². The summed E-state index contributed by atoms with van der Waals surface area (Å²) in [4.78, 5) is 25.9. The second kappa shape index (κ2) is 7.97. The number of hydrogen-bond acceptors (Lipinski definition) is 4. The lowest BCUT2D eigenvalue weighted by Crippen LogP contribution is -2.50. The minimum absolute atomic E-state index is 0.0623. The monoisotopic (exact) mass is 347 g/mol. The molecule has 2 fully saturated rings. The van der Waals surface area contributed by atoms with Gasteiger partial charge in [-0.3, -0.25) is 14.3 Å². The van der Waals surface area contributed by atoms with Crippen LogP contribution in [0.25, 0.3) is 0 Å². The van der Waals surface area contributed by atoms with Gasteiger partial charge in [0.2, 0.25) is 11.8 Å². The highest BCUT2D eigenvalue weighted by Gasteiger charge is 2.29. The van der Waals surface area contributed by atoms with Gasteiger partial charge in [0.05, 0.1) is 5.69 Å². The second-order valence-corrected chi connectivity index (χ2v) is 7.45. The van der Waals surface area contributed by atoms with E-state index in [1.54, 1.807) is 0 Å². The zero-order valence-electron chi connectivity index (χ0n) is 15.3. The number of likely N-dealkylation sites (tertiary alicyclic amines) is 1. The Hall–Kier alpha value is -1.92. The third kappa shape index (κ3) is 4.80. The first kappa shape index (κ1) is 17.9. The van der Waals surface area contributed by atoms with Gasteiger partial charge in [-0.1, -0.05) is 18.6 Å². The Labute approximate surface area is 149 Å². The summed E-state index contributed by atoms with van der Waals surface area (Å²) >= 11 is 0. The third-order valence-electron chi connectivity index (χ3n) is 5.18. The molecule has 0 bridgehead atoms. The van der Waals surface area contributed by atoms with E-state index in [4.69, 9.17) is 0 Å². The van der Waals surface area contributed by atoms with Crippen molar-refractivity contribution in [1.82, 2.24) is 25.2 Å². The summed E-state index contributed by atoms with van der Waals surface area (Å²) in [5.41, 5.74) is 1.13. The SMILES string of the molecule is CCC[C@@H](NC(C)=O)C(=O)N1CCC(Cn2cc(C3CC3)nn2)CC1. The Balaban J connectivity index is 1.48. The molecule has 0 radical (unpaired) electrons. The highest BCUT2D eigenvalue weighted by atomic mass is 16.2. The molecule has 3 rings (SSSR count). The van der Waals surface area contributed by atoms with E-state index in [1.165, 1.54) is 19.8 Å². The van der Waals surface area contributed by atoms with Crippen LogP contribution in [0, 0.1) is 5.92 Å². The summed E-state index contributed by atoms with van der Waals surface area (Å²) in [5.74, 6) is 1.09. The van der Waals surface area contributed by atoms with Gasteiger partial charge in [-0.25, -0.2) is 0 Å².